The molecule has 10 heteroatoms. The highest BCUT2D eigenvalue weighted by molar-refractivity contribution is 6.35. The molecule has 0 atom stereocenters. The monoisotopic (exact) mass is 416 g/mol. The molecular weight excluding hydrogens is 408 g/mol. The minimum Gasteiger partial charge on any atom is -0.423 e. The first-order valence-corrected chi connectivity index (χ1v) is 8.06. The van der Waals surface area contributed by atoms with Crippen molar-refractivity contribution in [3.63, 3.8) is 0 Å². The third-order valence-electron chi connectivity index (χ3n) is 3.43. The number of benzene rings is 2. The zero-order valence-corrected chi connectivity index (χ0v) is 14.7. The summed E-state index contributed by atoms with van der Waals surface area (Å²) in [7, 11) is 0. The van der Waals surface area contributed by atoms with Crippen LogP contribution in [0.5, 0.6) is 0 Å². The van der Waals surface area contributed by atoms with Crippen LogP contribution in [0.2, 0.25) is 10.0 Å². The van der Waals surface area contributed by atoms with Gasteiger partial charge in [0.2, 0.25) is 0 Å². The van der Waals surface area contributed by atoms with Crippen molar-refractivity contribution in [3.8, 4) is 0 Å². The van der Waals surface area contributed by atoms with E-state index in [0.717, 1.165) is 12.1 Å². The first-order valence-electron chi connectivity index (χ1n) is 7.31. The number of rotatable bonds is 2. The summed E-state index contributed by atoms with van der Waals surface area (Å²) in [5.74, 6) is 0. The van der Waals surface area contributed by atoms with Crippen molar-refractivity contribution in [3.05, 3.63) is 68.5 Å². The highest BCUT2D eigenvalue weighted by Gasteiger charge is 2.34. The van der Waals surface area contributed by atoms with Gasteiger partial charge >= 0.3 is 17.8 Å². The number of hydrogen-bond donors (Lipinski definition) is 2. The summed E-state index contributed by atoms with van der Waals surface area (Å²) in [6, 6.07) is 7.54. The van der Waals surface area contributed by atoms with Gasteiger partial charge in [-0.2, -0.15) is 13.2 Å². The molecule has 0 unspecified atom stereocenters. The normalized spacial score (nSPS) is 11.4. The number of anilines is 2. The lowest BCUT2D eigenvalue weighted by atomic mass is 10.1. The maximum atomic E-state index is 13.1. The lowest BCUT2D eigenvalue weighted by Crippen LogP contribution is -2.19. The lowest BCUT2D eigenvalue weighted by Gasteiger charge is -2.12. The van der Waals surface area contributed by atoms with E-state index in [1.807, 2.05) is 0 Å². The molecule has 27 heavy (non-hydrogen) atoms. The molecule has 2 amide bonds. The Bertz CT molecular complexity index is 1080. The molecule has 140 valence electrons. The van der Waals surface area contributed by atoms with Gasteiger partial charge in [0.05, 0.1) is 5.56 Å². The van der Waals surface area contributed by atoms with Crippen molar-refractivity contribution in [2.45, 2.75) is 6.18 Å². The quantitative estimate of drug-likeness (QED) is 0.521. The predicted octanol–water partition coefficient (Wildman–Crippen LogP) is 5.76. The largest absolute Gasteiger partial charge is 0.423 e. The summed E-state index contributed by atoms with van der Waals surface area (Å²) >= 11 is 11.7. The first kappa shape index (κ1) is 19.1. The number of fused-ring (bicyclic) bond motifs is 1. The van der Waals surface area contributed by atoms with Crippen LogP contribution in [0.15, 0.2) is 51.7 Å². The molecule has 2 aromatic carbocycles. The SMILES string of the molecule is O=C(Nc1cc(Cl)cc(Cl)c1)Nc1ccc2oc(=O)cc(C(F)(F)F)c2c1. The van der Waals surface area contributed by atoms with Gasteiger partial charge in [-0.1, -0.05) is 23.2 Å². The molecule has 0 saturated carbocycles. The number of hydrogen-bond acceptors (Lipinski definition) is 3. The van der Waals surface area contributed by atoms with Gasteiger partial charge in [-0.05, 0) is 36.4 Å². The second-order valence-electron chi connectivity index (χ2n) is 5.43. The second kappa shape index (κ2) is 7.13. The van der Waals surface area contributed by atoms with Crippen LogP contribution in [0, 0.1) is 0 Å². The summed E-state index contributed by atoms with van der Waals surface area (Å²) in [5, 5.41) is 5.09. The van der Waals surface area contributed by atoms with Crippen LogP contribution in [0.25, 0.3) is 11.0 Å². The highest BCUT2D eigenvalue weighted by atomic mass is 35.5. The van der Waals surface area contributed by atoms with Crippen molar-refractivity contribution in [1.82, 2.24) is 0 Å². The summed E-state index contributed by atoms with van der Waals surface area (Å²) in [4.78, 5) is 23.4. The average Bonchev–Trinajstić information content (AvgIpc) is 2.52. The fourth-order valence-electron chi connectivity index (χ4n) is 2.39. The van der Waals surface area contributed by atoms with Crippen LogP contribution in [-0.4, -0.2) is 6.03 Å². The third kappa shape index (κ3) is 4.53. The molecule has 0 spiro atoms. The van der Waals surface area contributed by atoms with E-state index >= 15 is 0 Å². The molecule has 3 aromatic rings. The number of carbonyl (C=O) groups excluding carboxylic acids is 1. The smallest absolute Gasteiger partial charge is 0.417 e. The molecule has 5 nitrogen and oxygen atoms in total. The Balaban J connectivity index is 1.90. The fraction of sp³-hybridized carbons (Fsp3) is 0.0588. The van der Waals surface area contributed by atoms with Crippen molar-refractivity contribution < 1.29 is 22.4 Å². The molecule has 0 radical (unpaired) electrons. The van der Waals surface area contributed by atoms with E-state index in [2.05, 4.69) is 10.6 Å². The van der Waals surface area contributed by atoms with Crippen molar-refractivity contribution in [2.24, 2.45) is 0 Å². The molecule has 0 aliphatic heterocycles. The van der Waals surface area contributed by atoms with E-state index in [1.54, 1.807) is 0 Å². The van der Waals surface area contributed by atoms with Crippen molar-refractivity contribution in [2.75, 3.05) is 10.6 Å². The van der Waals surface area contributed by atoms with Gasteiger partial charge in [0.15, 0.2) is 0 Å². The molecule has 3 rings (SSSR count). The Hall–Kier alpha value is -2.71. The van der Waals surface area contributed by atoms with E-state index in [4.69, 9.17) is 27.6 Å². The zero-order valence-electron chi connectivity index (χ0n) is 13.2. The standard InChI is InChI=1S/C17H9Cl2F3N2O3/c18-8-3-9(19)5-11(4-8)24-16(26)23-10-1-2-14-12(6-10)13(17(20,21)22)7-15(25)27-14/h1-7H,(H2,23,24,26). The Morgan fingerprint density at radius 1 is 0.926 bits per heavy atom. The van der Waals surface area contributed by atoms with Crippen LogP contribution in [-0.2, 0) is 6.18 Å². The van der Waals surface area contributed by atoms with E-state index < -0.39 is 23.4 Å². The molecule has 0 saturated heterocycles. The van der Waals surface area contributed by atoms with Crippen LogP contribution < -0.4 is 16.3 Å². The molecule has 0 aliphatic carbocycles. The van der Waals surface area contributed by atoms with Gasteiger partial charge in [-0.3, -0.25) is 0 Å². The zero-order chi connectivity index (χ0) is 19.8. The number of alkyl halides is 3. The number of nitrogens with one attached hydrogen (secondary N) is 2. The number of halogens is 5. The number of amides is 2. The second-order valence-corrected chi connectivity index (χ2v) is 6.30. The van der Waals surface area contributed by atoms with Gasteiger partial charge in [0.25, 0.3) is 0 Å². The Labute approximate surface area is 159 Å². The Kier molecular flexibility index (Phi) is 5.03. The summed E-state index contributed by atoms with van der Waals surface area (Å²) in [5.41, 5.74) is -2.16. The minimum atomic E-state index is -4.76. The van der Waals surface area contributed by atoms with Crippen LogP contribution in [0.4, 0.5) is 29.3 Å². The third-order valence-corrected chi connectivity index (χ3v) is 3.86. The van der Waals surface area contributed by atoms with Gasteiger partial charge in [-0.15, -0.1) is 0 Å². The minimum absolute atomic E-state index is 0.0625. The molecule has 0 aliphatic rings. The molecule has 0 fully saturated rings. The van der Waals surface area contributed by atoms with E-state index in [1.165, 1.54) is 24.3 Å². The molecule has 0 bridgehead atoms. The fourth-order valence-corrected chi connectivity index (χ4v) is 2.92. The molecule has 1 aromatic heterocycles. The predicted molar refractivity (Wildman–Crippen MR) is 96.6 cm³/mol. The van der Waals surface area contributed by atoms with Gasteiger partial charge in [0.1, 0.15) is 5.58 Å². The molecule has 2 N–H and O–H groups in total. The Morgan fingerprint density at radius 3 is 2.19 bits per heavy atom. The van der Waals surface area contributed by atoms with Gasteiger partial charge in [0, 0.05) is 32.9 Å². The maximum absolute atomic E-state index is 13.1. The average molecular weight is 417 g/mol. The summed E-state index contributed by atoms with van der Waals surface area (Å²) in [6.45, 7) is 0. The lowest BCUT2D eigenvalue weighted by molar-refractivity contribution is -0.136. The van der Waals surface area contributed by atoms with Crippen molar-refractivity contribution in [1.29, 1.82) is 0 Å². The van der Waals surface area contributed by atoms with E-state index in [0.29, 0.717) is 21.8 Å². The first-order chi connectivity index (χ1) is 12.6. The highest BCUT2D eigenvalue weighted by Crippen LogP contribution is 2.34. The molecule has 1 heterocycles. The van der Waals surface area contributed by atoms with Crippen LogP contribution in [0.3, 0.4) is 0 Å². The maximum Gasteiger partial charge on any atom is 0.417 e. The van der Waals surface area contributed by atoms with E-state index in [9.17, 15) is 22.8 Å². The Morgan fingerprint density at radius 2 is 1.56 bits per heavy atom. The molecular formula is C17H9Cl2F3N2O3. The van der Waals surface area contributed by atoms with Crippen molar-refractivity contribution >= 4 is 51.6 Å². The van der Waals surface area contributed by atoms with Crippen LogP contribution >= 0.6 is 23.2 Å². The van der Waals surface area contributed by atoms with Gasteiger partial charge in [-0.25, -0.2) is 9.59 Å². The summed E-state index contributed by atoms with van der Waals surface area (Å²) in [6.07, 6.45) is -4.76. The van der Waals surface area contributed by atoms with Gasteiger partial charge < -0.3 is 15.1 Å². The topological polar surface area (TPSA) is 71.3 Å². The van der Waals surface area contributed by atoms with E-state index in [-0.39, 0.29) is 16.7 Å². The van der Waals surface area contributed by atoms with Crippen LogP contribution in [0.1, 0.15) is 5.56 Å². The summed E-state index contributed by atoms with van der Waals surface area (Å²) < 4.78 is 44.2. The number of urea groups is 1. The number of carbonyl (C=O) groups is 1.